The molecule has 1 amide bonds. The maximum absolute atomic E-state index is 12.1. The third-order valence-corrected chi connectivity index (χ3v) is 2.97. The standard InChI is InChI=1S/C17H20N2O3/c1-12(2)22-16-8-5-14(11-18-16)17(21)19-15-6-3-13(4-7-15)9-10-20/h3-8,11-12,20H,9-10H2,1-2H3,(H,19,21). The molecule has 0 saturated heterocycles. The zero-order valence-electron chi connectivity index (χ0n) is 12.7. The smallest absolute Gasteiger partial charge is 0.257 e. The Morgan fingerprint density at radius 3 is 2.50 bits per heavy atom. The van der Waals surface area contributed by atoms with E-state index < -0.39 is 0 Å². The van der Waals surface area contributed by atoms with Crippen LogP contribution in [0.25, 0.3) is 0 Å². The van der Waals surface area contributed by atoms with Crippen molar-refractivity contribution in [1.29, 1.82) is 0 Å². The van der Waals surface area contributed by atoms with Crippen molar-refractivity contribution in [1.82, 2.24) is 4.98 Å². The van der Waals surface area contributed by atoms with Gasteiger partial charge in [-0.25, -0.2) is 4.98 Å². The number of ether oxygens (including phenoxy) is 1. The first-order valence-corrected chi connectivity index (χ1v) is 7.22. The molecule has 0 aliphatic carbocycles. The highest BCUT2D eigenvalue weighted by molar-refractivity contribution is 6.04. The van der Waals surface area contributed by atoms with Gasteiger partial charge in [0.25, 0.3) is 5.91 Å². The lowest BCUT2D eigenvalue weighted by atomic mass is 10.1. The van der Waals surface area contributed by atoms with E-state index in [-0.39, 0.29) is 18.6 Å². The number of anilines is 1. The van der Waals surface area contributed by atoms with Crippen LogP contribution in [0, 0.1) is 0 Å². The van der Waals surface area contributed by atoms with E-state index in [9.17, 15) is 4.79 Å². The van der Waals surface area contributed by atoms with Crippen LogP contribution in [0.5, 0.6) is 5.88 Å². The summed E-state index contributed by atoms with van der Waals surface area (Å²) < 4.78 is 5.44. The molecule has 0 atom stereocenters. The van der Waals surface area contributed by atoms with E-state index in [4.69, 9.17) is 9.84 Å². The fourth-order valence-electron chi connectivity index (χ4n) is 1.91. The van der Waals surface area contributed by atoms with Crippen LogP contribution in [-0.4, -0.2) is 28.7 Å². The third kappa shape index (κ3) is 4.56. The molecule has 0 aliphatic heterocycles. The van der Waals surface area contributed by atoms with Gasteiger partial charge < -0.3 is 15.2 Å². The summed E-state index contributed by atoms with van der Waals surface area (Å²) in [5, 5.41) is 11.7. The Bertz CT molecular complexity index is 607. The van der Waals surface area contributed by atoms with Crippen molar-refractivity contribution >= 4 is 11.6 Å². The number of pyridine rings is 1. The van der Waals surface area contributed by atoms with Gasteiger partial charge in [-0.2, -0.15) is 0 Å². The van der Waals surface area contributed by atoms with Crippen molar-refractivity contribution in [3.05, 3.63) is 53.7 Å². The van der Waals surface area contributed by atoms with Crippen molar-refractivity contribution in [2.45, 2.75) is 26.4 Å². The van der Waals surface area contributed by atoms with Crippen LogP contribution < -0.4 is 10.1 Å². The highest BCUT2D eigenvalue weighted by Crippen LogP contribution is 2.13. The van der Waals surface area contributed by atoms with Crippen LogP contribution in [0.1, 0.15) is 29.8 Å². The molecular weight excluding hydrogens is 280 g/mol. The van der Waals surface area contributed by atoms with Gasteiger partial charge in [0.2, 0.25) is 5.88 Å². The molecule has 0 saturated carbocycles. The van der Waals surface area contributed by atoms with Gasteiger partial charge >= 0.3 is 0 Å². The highest BCUT2D eigenvalue weighted by atomic mass is 16.5. The summed E-state index contributed by atoms with van der Waals surface area (Å²) in [6.45, 7) is 3.95. The van der Waals surface area contributed by atoms with E-state index in [1.807, 2.05) is 38.1 Å². The molecule has 1 aromatic heterocycles. The van der Waals surface area contributed by atoms with E-state index in [2.05, 4.69) is 10.3 Å². The fraction of sp³-hybridized carbons (Fsp3) is 0.294. The molecule has 0 aliphatic rings. The molecule has 0 fully saturated rings. The number of benzene rings is 1. The number of nitrogens with zero attached hydrogens (tertiary/aromatic N) is 1. The monoisotopic (exact) mass is 300 g/mol. The SMILES string of the molecule is CC(C)Oc1ccc(C(=O)Nc2ccc(CCO)cc2)cn1. The molecular formula is C17H20N2O3. The van der Waals surface area contributed by atoms with Crippen molar-refractivity contribution < 1.29 is 14.6 Å². The van der Waals surface area contributed by atoms with Crippen LogP contribution in [-0.2, 0) is 6.42 Å². The van der Waals surface area contributed by atoms with E-state index >= 15 is 0 Å². The molecule has 2 rings (SSSR count). The Kier molecular flexibility index (Phi) is 5.49. The van der Waals surface area contributed by atoms with E-state index in [0.29, 0.717) is 23.6 Å². The third-order valence-electron chi connectivity index (χ3n) is 2.97. The zero-order valence-corrected chi connectivity index (χ0v) is 12.7. The van der Waals surface area contributed by atoms with Gasteiger partial charge in [0.1, 0.15) is 0 Å². The van der Waals surface area contributed by atoms with E-state index in [0.717, 1.165) is 5.56 Å². The summed E-state index contributed by atoms with van der Waals surface area (Å²) in [6, 6.07) is 10.7. The van der Waals surface area contributed by atoms with Crippen LogP contribution in [0.4, 0.5) is 5.69 Å². The minimum Gasteiger partial charge on any atom is -0.475 e. The minimum atomic E-state index is -0.224. The lowest BCUT2D eigenvalue weighted by molar-refractivity contribution is 0.102. The lowest BCUT2D eigenvalue weighted by Gasteiger charge is -2.09. The van der Waals surface area contributed by atoms with Gasteiger partial charge in [-0.05, 0) is 44.0 Å². The summed E-state index contributed by atoms with van der Waals surface area (Å²) >= 11 is 0. The number of hydrogen-bond acceptors (Lipinski definition) is 4. The van der Waals surface area contributed by atoms with Gasteiger partial charge in [0, 0.05) is 24.6 Å². The largest absolute Gasteiger partial charge is 0.475 e. The van der Waals surface area contributed by atoms with Gasteiger partial charge in [0.15, 0.2) is 0 Å². The maximum atomic E-state index is 12.1. The van der Waals surface area contributed by atoms with Crippen molar-refractivity contribution in [3.8, 4) is 5.88 Å². The Balaban J connectivity index is 1.99. The molecule has 1 aromatic carbocycles. The van der Waals surface area contributed by atoms with Gasteiger partial charge in [-0.3, -0.25) is 4.79 Å². The molecule has 2 N–H and O–H groups in total. The first kappa shape index (κ1) is 16.0. The molecule has 5 heteroatoms. The Morgan fingerprint density at radius 2 is 1.95 bits per heavy atom. The van der Waals surface area contributed by atoms with Gasteiger partial charge in [0.05, 0.1) is 11.7 Å². The second-order valence-corrected chi connectivity index (χ2v) is 5.18. The number of aliphatic hydroxyl groups is 1. The second kappa shape index (κ2) is 7.56. The normalized spacial score (nSPS) is 10.5. The number of amides is 1. The minimum absolute atomic E-state index is 0.0459. The summed E-state index contributed by atoms with van der Waals surface area (Å²) in [4.78, 5) is 16.2. The topological polar surface area (TPSA) is 71.5 Å². The molecule has 1 heterocycles. The average Bonchev–Trinajstić information content (AvgIpc) is 2.49. The number of carbonyl (C=O) groups is 1. The van der Waals surface area contributed by atoms with Crippen LogP contribution in [0.3, 0.4) is 0 Å². The van der Waals surface area contributed by atoms with E-state index in [1.165, 1.54) is 6.20 Å². The number of rotatable bonds is 6. The second-order valence-electron chi connectivity index (χ2n) is 5.18. The van der Waals surface area contributed by atoms with Crippen LogP contribution in [0.15, 0.2) is 42.6 Å². The number of nitrogens with one attached hydrogen (secondary N) is 1. The van der Waals surface area contributed by atoms with Crippen molar-refractivity contribution in [2.24, 2.45) is 0 Å². The quantitative estimate of drug-likeness (QED) is 0.860. The van der Waals surface area contributed by atoms with Crippen LogP contribution in [0.2, 0.25) is 0 Å². The highest BCUT2D eigenvalue weighted by Gasteiger charge is 2.08. The number of carbonyl (C=O) groups excluding carboxylic acids is 1. The summed E-state index contributed by atoms with van der Waals surface area (Å²) in [5.41, 5.74) is 2.20. The lowest BCUT2D eigenvalue weighted by Crippen LogP contribution is -2.13. The Morgan fingerprint density at radius 1 is 1.23 bits per heavy atom. The molecule has 5 nitrogen and oxygen atoms in total. The molecule has 0 radical (unpaired) electrons. The number of aliphatic hydroxyl groups excluding tert-OH is 1. The average molecular weight is 300 g/mol. The number of aromatic nitrogens is 1. The molecule has 2 aromatic rings. The van der Waals surface area contributed by atoms with E-state index in [1.54, 1.807) is 12.1 Å². The van der Waals surface area contributed by atoms with Crippen LogP contribution >= 0.6 is 0 Å². The molecule has 116 valence electrons. The van der Waals surface area contributed by atoms with Gasteiger partial charge in [-0.15, -0.1) is 0 Å². The predicted octanol–water partition coefficient (Wildman–Crippen LogP) is 2.66. The van der Waals surface area contributed by atoms with Crippen molar-refractivity contribution in [2.75, 3.05) is 11.9 Å². The summed E-state index contributed by atoms with van der Waals surface area (Å²) in [7, 11) is 0. The first-order chi connectivity index (χ1) is 10.6. The number of hydrogen-bond donors (Lipinski definition) is 2. The predicted molar refractivity (Wildman–Crippen MR) is 85.2 cm³/mol. The summed E-state index contributed by atoms with van der Waals surface area (Å²) in [5.74, 6) is 0.276. The summed E-state index contributed by atoms with van der Waals surface area (Å²) in [6.07, 6.45) is 2.15. The molecule has 0 unspecified atom stereocenters. The fourth-order valence-corrected chi connectivity index (χ4v) is 1.91. The Labute approximate surface area is 130 Å². The molecule has 22 heavy (non-hydrogen) atoms. The molecule has 0 bridgehead atoms. The Hall–Kier alpha value is -2.40. The van der Waals surface area contributed by atoms with Gasteiger partial charge in [-0.1, -0.05) is 12.1 Å². The maximum Gasteiger partial charge on any atom is 0.257 e. The first-order valence-electron chi connectivity index (χ1n) is 7.22. The van der Waals surface area contributed by atoms with Crippen molar-refractivity contribution in [3.63, 3.8) is 0 Å². The zero-order chi connectivity index (χ0) is 15.9. The molecule has 0 spiro atoms.